The fourth-order valence-electron chi connectivity index (χ4n) is 5.89. The van der Waals surface area contributed by atoms with Gasteiger partial charge in [0.15, 0.2) is 0 Å². The number of rotatable bonds is 6. The quantitative estimate of drug-likeness (QED) is 0.553. The Hall–Kier alpha value is -2.60. The highest BCUT2D eigenvalue weighted by molar-refractivity contribution is 5.70. The number of amides is 1. The lowest BCUT2D eigenvalue weighted by atomic mass is 9.85. The second kappa shape index (κ2) is 9.45. The van der Waals surface area contributed by atoms with Crippen LogP contribution >= 0.6 is 0 Å². The van der Waals surface area contributed by atoms with Crippen LogP contribution in [0.1, 0.15) is 57.7 Å². The molecule has 6 heteroatoms. The van der Waals surface area contributed by atoms with Crippen LogP contribution in [0.4, 0.5) is 9.18 Å². The number of carbonyl (C=O) groups is 1. The van der Waals surface area contributed by atoms with Gasteiger partial charge in [-0.15, -0.1) is 0 Å². The van der Waals surface area contributed by atoms with E-state index in [0.29, 0.717) is 24.0 Å². The maximum absolute atomic E-state index is 15.3. The zero-order valence-corrected chi connectivity index (χ0v) is 21.3. The van der Waals surface area contributed by atoms with E-state index in [-0.39, 0.29) is 23.4 Å². The number of benzene rings is 2. The summed E-state index contributed by atoms with van der Waals surface area (Å²) >= 11 is 0. The molecule has 5 nitrogen and oxygen atoms in total. The lowest BCUT2D eigenvalue weighted by molar-refractivity contribution is -0.0349. The van der Waals surface area contributed by atoms with E-state index in [1.165, 1.54) is 0 Å². The highest BCUT2D eigenvalue weighted by atomic mass is 19.1. The van der Waals surface area contributed by atoms with Crippen LogP contribution in [0, 0.1) is 23.1 Å². The average Bonchev–Trinajstić information content (AvgIpc) is 3.07. The zero-order chi connectivity index (χ0) is 24.7. The Bertz CT molecular complexity index is 1070. The molecule has 0 radical (unpaired) electrons. The van der Waals surface area contributed by atoms with Gasteiger partial charge in [-0.05, 0) is 90.6 Å². The number of fused-ring (bicyclic) bond motifs is 4. The van der Waals surface area contributed by atoms with Gasteiger partial charge >= 0.3 is 6.09 Å². The Labute approximate surface area is 208 Å². The summed E-state index contributed by atoms with van der Waals surface area (Å²) < 4.78 is 27.0. The molecule has 6 rings (SSSR count). The van der Waals surface area contributed by atoms with Crippen molar-refractivity contribution in [1.29, 1.82) is 0 Å². The number of hydrogen-bond donors (Lipinski definition) is 1. The number of halogens is 1. The molecule has 1 N–H and O–H groups in total. The number of piperidine rings is 3. The van der Waals surface area contributed by atoms with Crippen molar-refractivity contribution >= 4 is 6.09 Å². The molecule has 2 aromatic carbocycles. The molecule has 0 unspecified atom stereocenters. The van der Waals surface area contributed by atoms with Crippen LogP contribution < -0.4 is 10.1 Å². The van der Waals surface area contributed by atoms with Gasteiger partial charge in [-0.2, -0.15) is 0 Å². The van der Waals surface area contributed by atoms with E-state index in [1.54, 1.807) is 6.07 Å². The second-order valence-electron chi connectivity index (χ2n) is 11.6. The third-order valence-corrected chi connectivity index (χ3v) is 7.83. The highest BCUT2D eigenvalue weighted by Gasteiger charge is 2.42. The first kappa shape index (κ1) is 24.1. The fraction of sp³-hybridized carbons (Fsp3) is 0.552. The average molecular weight is 481 g/mol. The predicted molar refractivity (Wildman–Crippen MR) is 135 cm³/mol. The van der Waals surface area contributed by atoms with Crippen LogP contribution in [0.5, 0.6) is 5.75 Å². The fourth-order valence-corrected chi connectivity index (χ4v) is 5.89. The first-order valence-electron chi connectivity index (χ1n) is 12.9. The molecule has 0 spiro atoms. The van der Waals surface area contributed by atoms with Crippen molar-refractivity contribution in [3.05, 3.63) is 53.3 Å². The summed E-state index contributed by atoms with van der Waals surface area (Å²) in [5.41, 5.74) is 3.07. The van der Waals surface area contributed by atoms with Gasteiger partial charge in [0.1, 0.15) is 17.7 Å². The molecule has 1 aliphatic carbocycles. The first-order valence-corrected chi connectivity index (χ1v) is 12.9. The summed E-state index contributed by atoms with van der Waals surface area (Å²) in [5, 5.41) is 3.09. The standard InChI is InChI=1S/C29H37FN2O3/c1-18(2)17-34-22-7-5-19(6-8-22)23-13-21-15-29(3,4)27(24(21)14-25(23)30)31-28(33)35-26-16-32-11-9-20(26)10-12-32/h5-8,13-14,18,20,26-27H,9-12,15-17H2,1-4H3,(H,31,33)/t26-,27+/m1/s1. The molecule has 3 aliphatic heterocycles. The van der Waals surface area contributed by atoms with E-state index in [0.717, 1.165) is 61.3 Å². The van der Waals surface area contributed by atoms with Crippen LogP contribution in [0.15, 0.2) is 36.4 Å². The van der Waals surface area contributed by atoms with Crippen molar-refractivity contribution in [3.8, 4) is 16.9 Å². The molecule has 3 heterocycles. The van der Waals surface area contributed by atoms with Crippen LogP contribution in [0.3, 0.4) is 0 Å². The normalized spacial score (nSPS) is 26.5. The minimum atomic E-state index is -0.392. The number of ether oxygens (including phenoxy) is 2. The molecular formula is C29H37FN2O3. The lowest BCUT2D eigenvalue weighted by Gasteiger charge is -2.44. The maximum atomic E-state index is 15.3. The minimum absolute atomic E-state index is 0.0481. The van der Waals surface area contributed by atoms with E-state index in [2.05, 4.69) is 37.9 Å². The smallest absolute Gasteiger partial charge is 0.407 e. The van der Waals surface area contributed by atoms with Crippen molar-refractivity contribution in [2.75, 3.05) is 26.2 Å². The van der Waals surface area contributed by atoms with Crippen molar-refractivity contribution < 1.29 is 18.7 Å². The summed E-state index contributed by atoms with van der Waals surface area (Å²) in [4.78, 5) is 15.3. The first-order chi connectivity index (χ1) is 16.7. The summed E-state index contributed by atoms with van der Waals surface area (Å²) in [6, 6.07) is 10.8. The van der Waals surface area contributed by atoms with Gasteiger partial charge in [0.2, 0.25) is 0 Å². The van der Waals surface area contributed by atoms with E-state index in [4.69, 9.17) is 9.47 Å². The highest BCUT2D eigenvalue weighted by Crippen LogP contribution is 2.47. The van der Waals surface area contributed by atoms with E-state index >= 15 is 4.39 Å². The summed E-state index contributed by atoms with van der Waals surface area (Å²) in [5.74, 6) is 1.41. The number of carbonyl (C=O) groups excluding carboxylic acids is 1. The van der Waals surface area contributed by atoms with Gasteiger partial charge in [-0.25, -0.2) is 9.18 Å². The van der Waals surface area contributed by atoms with E-state index < -0.39 is 6.09 Å². The van der Waals surface area contributed by atoms with Gasteiger partial charge in [0.25, 0.3) is 0 Å². The Kier molecular flexibility index (Phi) is 6.51. The summed E-state index contributed by atoms with van der Waals surface area (Å²) in [7, 11) is 0. The van der Waals surface area contributed by atoms with Crippen LogP contribution in [-0.2, 0) is 11.2 Å². The minimum Gasteiger partial charge on any atom is -0.493 e. The van der Waals surface area contributed by atoms with Crippen molar-refractivity contribution in [1.82, 2.24) is 10.2 Å². The molecule has 35 heavy (non-hydrogen) atoms. The van der Waals surface area contributed by atoms with Crippen LogP contribution in [0.25, 0.3) is 11.1 Å². The zero-order valence-electron chi connectivity index (χ0n) is 21.3. The molecule has 188 valence electrons. The second-order valence-corrected chi connectivity index (χ2v) is 11.6. The molecule has 2 atom stereocenters. The van der Waals surface area contributed by atoms with Crippen LogP contribution in [0.2, 0.25) is 0 Å². The Morgan fingerprint density at radius 1 is 1.17 bits per heavy atom. The molecule has 2 bridgehead atoms. The van der Waals surface area contributed by atoms with Crippen molar-refractivity contribution in [2.45, 2.75) is 59.1 Å². The van der Waals surface area contributed by atoms with Crippen molar-refractivity contribution in [3.63, 3.8) is 0 Å². The summed E-state index contributed by atoms with van der Waals surface area (Å²) in [6.45, 7) is 12.1. The monoisotopic (exact) mass is 480 g/mol. The molecule has 4 aliphatic rings. The number of nitrogens with zero attached hydrogens (tertiary/aromatic N) is 1. The topological polar surface area (TPSA) is 50.8 Å². The Balaban J connectivity index is 1.31. The van der Waals surface area contributed by atoms with Gasteiger partial charge in [0, 0.05) is 12.1 Å². The largest absolute Gasteiger partial charge is 0.493 e. The maximum Gasteiger partial charge on any atom is 0.407 e. The summed E-state index contributed by atoms with van der Waals surface area (Å²) in [6.07, 6.45) is 2.50. The van der Waals surface area contributed by atoms with Crippen LogP contribution in [-0.4, -0.2) is 43.3 Å². The van der Waals surface area contributed by atoms with Gasteiger partial charge in [-0.1, -0.05) is 39.8 Å². The number of nitrogens with one attached hydrogen (secondary N) is 1. The molecule has 0 aromatic heterocycles. The number of alkyl carbamates (subject to hydrolysis) is 1. The van der Waals surface area contributed by atoms with Crippen molar-refractivity contribution in [2.24, 2.45) is 17.3 Å². The van der Waals surface area contributed by atoms with E-state index in [9.17, 15) is 4.79 Å². The molecule has 2 aromatic rings. The SMILES string of the molecule is CC(C)COc1ccc(-c2cc3c(cc2F)[C@H](NC(=O)O[C@@H]2CN4CCC2CC4)C(C)(C)C3)cc1. The predicted octanol–water partition coefficient (Wildman–Crippen LogP) is 5.97. The van der Waals surface area contributed by atoms with E-state index in [1.807, 2.05) is 30.3 Å². The van der Waals surface area contributed by atoms with Gasteiger partial charge in [-0.3, -0.25) is 4.90 Å². The molecular weight excluding hydrogens is 443 g/mol. The molecule has 1 amide bonds. The lowest BCUT2D eigenvalue weighted by Crippen LogP contribution is -2.53. The molecule has 3 saturated heterocycles. The molecule has 3 fully saturated rings. The third-order valence-electron chi connectivity index (χ3n) is 7.83. The third kappa shape index (κ3) is 5.04. The number of hydrogen-bond acceptors (Lipinski definition) is 4. The molecule has 0 saturated carbocycles. The van der Waals surface area contributed by atoms with Gasteiger partial charge in [0.05, 0.1) is 12.6 Å². The Morgan fingerprint density at radius 2 is 1.89 bits per heavy atom. The van der Waals surface area contributed by atoms with Gasteiger partial charge < -0.3 is 14.8 Å². The Morgan fingerprint density at radius 3 is 2.51 bits per heavy atom.